The molecule has 25 heavy (non-hydrogen) atoms. The normalized spacial score (nSPS) is 20.6. The van der Waals surface area contributed by atoms with Gasteiger partial charge in [0.2, 0.25) is 0 Å². The minimum atomic E-state index is -0.498. The third kappa shape index (κ3) is 4.31. The van der Waals surface area contributed by atoms with Gasteiger partial charge in [-0.1, -0.05) is 12.2 Å². The molecule has 9 heteroatoms. The van der Waals surface area contributed by atoms with Crippen LogP contribution in [-0.2, 0) is 9.47 Å². The van der Waals surface area contributed by atoms with Crippen LogP contribution in [0.5, 0.6) is 0 Å². The van der Waals surface area contributed by atoms with E-state index in [0.29, 0.717) is 55.8 Å². The van der Waals surface area contributed by atoms with Crippen molar-refractivity contribution in [2.24, 2.45) is 0 Å². The van der Waals surface area contributed by atoms with Crippen molar-refractivity contribution in [1.29, 1.82) is 0 Å². The average Bonchev–Trinajstić information content (AvgIpc) is 3.01. The Kier molecular flexibility index (Phi) is 5.93. The summed E-state index contributed by atoms with van der Waals surface area (Å²) < 4.78 is 25.1. The van der Waals surface area contributed by atoms with Crippen LogP contribution in [0.4, 0.5) is 20.6 Å². The second-order valence-corrected chi connectivity index (χ2v) is 6.55. The van der Waals surface area contributed by atoms with Crippen LogP contribution in [0.3, 0.4) is 0 Å². The number of halogens is 2. The van der Waals surface area contributed by atoms with Crippen molar-refractivity contribution in [2.45, 2.75) is 6.10 Å². The van der Waals surface area contributed by atoms with Gasteiger partial charge in [-0.05, 0) is 18.2 Å². The summed E-state index contributed by atoms with van der Waals surface area (Å²) in [6.07, 6.45) is -0.863. The number of ether oxygens (including phenoxy) is 2. The van der Waals surface area contributed by atoms with Crippen molar-refractivity contribution >= 4 is 46.3 Å². The second-order valence-electron chi connectivity index (χ2n) is 5.79. The standard InChI is InChI=1S/C16H19ClFN3O3S/c17-8-15(25)19-9-12-10-21(16(22)24-12)11-1-2-14(13(18)7-11)20-3-5-23-6-4-20/h1-2,7,12H,3-6,8-10H2,(H,19,25)/t12-/m0/s1. The molecule has 2 aliphatic heterocycles. The van der Waals surface area contributed by atoms with Gasteiger partial charge in [-0.2, -0.15) is 0 Å². The maximum absolute atomic E-state index is 14.5. The molecule has 1 atom stereocenters. The van der Waals surface area contributed by atoms with Gasteiger partial charge < -0.3 is 19.7 Å². The van der Waals surface area contributed by atoms with Gasteiger partial charge in [-0.15, -0.1) is 11.6 Å². The van der Waals surface area contributed by atoms with Crippen molar-refractivity contribution in [3.05, 3.63) is 24.0 Å². The average molecular weight is 388 g/mol. The second kappa shape index (κ2) is 8.16. The van der Waals surface area contributed by atoms with E-state index in [1.165, 1.54) is 11.0 Å². The summed E-state index contributed by atoms with van der Waals surface area (Å²) in [5.74, 6) is -0.148. The lowest BCUT2D eigenvalue weighted by Crippen LogP contribution is -2.37. The van der Waals surface area contributed by atoms with E-state index in [-0.39, 0.29) is 17.8 Å². The molecule has 0 bridgehead atoms. The number of nitrogens with one attached hydrogen (secondary N) is 1. The predicted octanol–water partition coefficient (Wildman–Crippen LogP) is 2.14. The highest BCUT2D eigenvalue weighted by molar-refractivity contribution is 7.80. The fraction of sp³-hybridized carbons (Fsp3) is 0.500. The quantitative estimate of drug-likeness (QED) is 0.617. The molecular weight excluding hydrogens is 369 g/mol. The third-order valence-electron chi connectivity index (χ3n) is 4.12. The summed E-state index contributed by atoms with van der Waals surface area (Å²) in [6, 6.07) is 4.79. The zero-order chi connectivity index (χ0) is 17.8. The van der Waals surface area contributed by atoms with Crippen molar-refractivity contribution < 1.29 is 18.7 Å². The zero-order valence-corrected chi connectivity index (χ0v) is 15.1. The SMILES string of the molecule is O=C1O[C@@H](CNC(=S)CCl)CN1c1ccc(N2CCOCC2)c(F)c1. The molecule has 1 N–H and O–H groups in total. The molecule has 3 rings (SSSR count). The van der Waals surface area contributed by atoms with E-state index in [0.717, 1.165) is 0 Å². The molecule has 0 aromatic heterocycles. The van der Waals surface area contributed by atoms with Crippen LogP contribution in [0.1, 0.15) is 0 Å². The fourth-order valence-electron chi connectivity index (χ4n) is 2.84. The minimum Gasteiger partial charge on any atom is -0.442 e. The van der Waals surface area contributed by atoms with Crippen LogP contribution < -0.4 is 15.1 Å². The van der Waals surface area contributed by atoms with Gasteiger partial charge in [0.1, 0.15) is 11.9 Å². The Morgan fingerprint density at radius 1 is 1.40 bits per heavy atom. The number of amides is 1. The van der Waals surface area contributed by atoms with Crippen molar-refractivity contribution in [3.8, 4) is 0 Å². The molecule has 2 heterocycles. The number of alkyl halides is 1. The fourth-order valence-corrected chi connectivity index (χ4v) is 3.02. The van der Waals surface area contributed by atoms with E-state index in [9.17, 15) is 9.18 Å². The number of benzene rings is 1. The first kappa shape index (κ1) is 18.2. The zero-order valence-electron chi connectivity index (χ0n) is 13.5. The molecule has 0 unspecified atom stereocenters. The van der Waals surface area contributed by atoms with Crippen LogP contribution in [0.15, 0.2) is 18.2 Å². The summed E-state index contributed by atoms with van der Waals surface area (Å²) in [4.78, 5) is 15.9. The Bertz CT molecular complexity index is 658. The monoisotopic (exact) mass is 387 g/mol. The van der Waals surface area contributed by atoms with E-state index < -0.39 is 6.09 Å². The third-order valence-corrected chi connectivity index (χ3v) is 4.83. The summed E-state index contributed by atoms with van der Waals surface area (Å²) >= 11 is 10.6. The van der Waals surface area contributed by atoms with E-state index >= 15 is 0 Å². The van der Waals surface area contributed by atoms with Crippen LogP contribution in [0.2, 0.25) is 0 Å². The number of carbonyl (C=O) groups excluding carboxylic acids is 1. The number of morpholine rings is 1. The lowest BCUT2D eigenvalue weighted by molar-refractivity contribution is 0.122. The summed E-state index contributed by atoms with van der Waals surface area (Å²) in [6.45, 7) is 3.17. The molecule has 1 aromatic carbocycles. The summed E-state index contributed by atoms with van der Waals surface area (Å²) in [7, 11) is 0. The first-order chi connectivity index (χ1) is 12.1. The lowest BCUT2D eigenvalue weighted by Gasteiger charge is -2.29. The maximum Gasteiger partial charge on any atom is 0.414 e. The van der Waals surface area contributed by atoms with E-state index in [1.807, 2.05) is 4.90 Å². The number of hydrogen-bond donors (Lipinski definition) is 1. The van der Waals surface area contributed by atoms with E-state index in [2.05, 4.69) is 5.32 Å². The number of rotatable bonds is 5. The Morgan fingerprint density at radius 2 is 2.16 bits per heavy atom. The highest BCUT2D eigenvalue weighted by Crippen LogP contribution is 2.28. The molecule has 6 nitrogen and oxygen atoms in total. The molecule has 2 aliphatic rings. The number of hydrogen-bond acceptors (Lipinski definition) is 5. The van der Waals surface area contributed by atoms with Crippen molar-refractivity contribution in [1.82, 2.24) is 5.32 Å². The Hall–Kier alpha value is -1.64. The van der Waals surface area contributed by atoms with Crippen molar-refractivity contribution in [2.75, 3.05) is 55.1 Å². The van der Waals surface area contributed by atoms with Crippen LogP contribution in [-0.4, -0.2) is 62.5 Å². The molecule has 1 amide bonds. The van der Waals surface area contributed by atoms with Gasteiger partial charge in [0.05, 0.1) is 48.5 Å². The number of anilines is 2. The van der Waals surface area contributed by atoms with Gasteiger partial charge in [0, 0.05) is 13.1 Å². The van der Waals surface area contributed by atoms with Gasteiger partial charge in [-0.3, -0.25) is 4.90 Å². The predicted molar refractivity (Wildman–Crippen MR) is 98.4 cm³/mol. The molecule has 1 aromatic rings. The molecular formula is C16H19ClFN3O3S. The summed E-state index contributed by atoms with van der Waals surface area (Å²) in [5.41, 5.74) is 0.993. The van der Waals surface area contributed by atoms with Crippen LogP contribution in [0.25, 0.3) is 0 Å². The molecule has 2 fully saturated rings. The number of cyclic esters (lactones) is 1. The number of thiocarbonyl (C=S) groups is 1. The molecule has 136 valence electrons. The Balaban J connectivity index is 1.66. The molecule has 0 radical (unpaired) electrons. The van der Waals surface area contributed by atoms with E-state index in [4.69, 9.17) is 33.3 Å². The van der Waals surface area contributed by atoms with Gasteiger partial charge in [0.25, 0.3) is 0 Å². The maximum atomic E-state index is 14.5. The van der Waals surface area contributed by atoms with Gasteiger partial charge >= 0.3 is 6.09 Å². The minimum absolute atomic E-state index is 0.216. The Morgan fingerprint density at radius 3 is 2.84 bits per heavy atom. The molecule has 2 saturated heterocycles. The van der Waals surface area contributed by atoms with E-state index in [1.54, 1.807) is 12.1 Å². The Labute approximate surface area is 155 Å². The summed E-state index contributed by atoms with van der Waals surface area (Å²) in [5, 5.41) is 2.93. The smallest absolute Gasteiger partial charge is 0.414 e. The first-order valence-corrected chi connectivity index (χ1v) is 8.96. The number of nitrogens with zero attached hydrogens (tertiary/aromatic N) is 2. The topological polar surface area (TPSA) is 54.0 Å². The molecule has 0 aliphatic carbocycles. The highest BCUT2D eigenvalue weighted by atomic mass is 35.5. The highest BCUT2D eigenvalue weighted by Gasteiger charge is 2.32. The van der Waals surface area contributed by atoms with Crippen molar-refractivity contribution in [3.63, 3.8) is 0 Å². The van der Waals surface area contributed by atoms with Gasteiger partial charge in [0.15, 0.2) is 0 Å². The molecule has 0 spiro atoms. The van der Waals surface area contributed by atoms with Crippen LogP contribution >= 0.6 is 23.8 Å². The largest absolute Gasteiger partial charge is 0.442 e. The molecule has 0 saturated carbocycles. The first-order valence-electron chi connectivity index (χ1n) is 8.01. The lowest BCUT2D eigenvalue weighted by atomic mass is 10.2. The van der Waals surface area contributed by atoms with Crippen LogP contribution in [0, 0.1) is 5.82 Å². The number of carbonyl (C=O) groups is 1. The van der Waals surface area contributed by atoms with Gasteiger partial charge in [-0.25, -0.2) is 9.18 Å².